The summed E-state index contributed by atoms with van der Waals surface area (Å²) in [6.45, 7) is 1.30. The maximum atomic E-state index is 12.8. The number of morpholine rings is 1. The highest BCUT2D eigenvalue weighted by Gasteiger charge is 2.22. The number of H-pyrrole nitrogens is 1. The molecule has 0 spiro atoms. The number of aromatic amines is 1. The number of carbonyl (C=O) groups is 2. The summed E-state index contributed by atoms with van der Waals surface area (Å²) in [5.41, 5.74) is 3.49. The fourth-order valence-corrected chi connectivity index (χ4v) is 3.47. The van der Waals surface area contributed by atoms with Gasteiger partial charge in [0, 0.05) is 30.5 Å². The first-order valence-electron chi connectivity index (χ1n) is 9.83. The molecule has 3 aromatic rings. The smallest absolute Gasteiger partial charge is 0.253 e. The van der Waals surface area contributed by atoms with Crippen LogP contribution in [0.1, 0.15) is 27.8 Å². The van der Waals surface area contributed by atoms with Crippen LogP contribution in [0.25, 0.3) is 11.0 Å². The Bertz CT molecular complexity index is 1150. The number of ether oxygens (including phenoxy) is 2. The van der Waals surface area contributed by atoms with E-state index in [9.17, 15) is 9.59 Å². The first-order valence-corrected chi connectivity index (χ1v) is 9.83. The second-order valence-electron chi connectivity index (χ2n) is 7.12. The minimum absolute atomic E-state index is 0.0707. The highest BCUT2D eigenvalue weighted by molar-refractivity contribution is 5.97. The first-order chi connectivity index (χ1) is 15.1. The Kier molecular flexibility index (Phi) is 5.98. The number of nitrogens with one attached hydrogen (secondary N) is 2. The van der Waals surface area contributed by atoms with Crippen LogP contribution in [0.15, 0.2) is 42.5 Å². The molecule has 158 valence electrons. The maximum absolute atomic E-state index is 12.8. The average molecular weight is 418 g/mol. The summed E-state index contributed by atoms with van der Waals surface area (Å²) in [5.74, 6) is 2.80. The number of carbonyl (C=O) groups excluding carboxylic acids is 2. The van der Waals surface area contributed by atoms with E-state index in [-0.39, 0.29) is 25.0 Å². The molecule has 0 radical (unpaired) electrons. The molecule has 8 nitrogen and oxygen atoms in total. The molecule has 1 fully saturated rings. The molecule has 0 saturated carbocycles. The average Bonchev–Trinajstić information content (AvgIpc) is 3.22. The quantitative estimate of drug-likeness (QED) is 0.597. The van der Waals surface area contributed by atoms with Crippen molar-refractivity contribution in [3.63, 3.8) is 0 Å². The maximum Gasteiger partial charge on any atom is 0.253 e. The second-order valence-corrected chi connectivity index (χ2v) is 7.12. The lowest BCUT2D eigenvalue weighted by Crippen LogP contribution is -2.41. The van der Waals surface area contributed by atoms with Crippen LogP contribution in [0.2, 0.25) is 0 Å². The number of benzene rings is 2. The molecule has 2 amide bonds. The number of anilines is 1. The van der Waals surface area contributed by atoms with Gasteiger partial charge in [-0.3, -0.25) is 9.59 Å². The third-order valence-electron chi connectivity index (χ3n) is 5.06. The van der Waals surface area contributed by atoms with E-state index in [1.54, 1.807) is 36.3 Å². The molecule has 4 rings (SSSR count). The van der Waals surface area contributed by atoms with Gasteiger partial charge < -0.3 is 24.7 Å². The van der Waals surface area contributed by atoms with Gasteiger partial charge in [0.15, 0.2) is 0 Å². The van der Waals surface area contributed by atoms with Crippen LogP contribution in [0.5, 0.6) is 0 Å². The van der Waals surface area contributed by atoms with Gasteiger partial charge in [0.05, 0.1) is 24.2 Å². The number of hydrogen-bond acceptors (Lipinski definition) is 5. The van der Waals surface area contributed by atoms with Crippen molar-refractivity contribution in [3.05, 3.63) is 59.4 Å². The van der Waals surface area contributed by atoms with Crippen molar-refractivity contribution in [1.82, 2.24) is 15.3 Å². The van der Waals surface area contributed by atoms with Crippen molar-refractivity contribution in [2.45, 2.75) is 6.04 Å². The van der Waals surface area contributed by atoms with E-state index in [4.69, 9.17) is 15.9 Å². The summed E-state index contributed by atoms with van der Waals surface area (Å²) in [6.07, 6.45) is 5.46. The van der Waals surface area contributed by atoms with Crippen LogP contribution in [0.4, 0.5) is 5.69 Å². The topological polar surface area (TPSA) is 96.5 Å². The van der Waals surface area contributed by atoms with Crippen molar-refractivity contribution < 1.29 is 19.1 Å². The van der Waals surface area contributed by atoms with E-state index in [2.05, 4.69) is 21.2 Å². The molecule has 1 atom stereocenters. The summed E-state index contributed by atoms with van der Waals surface area (Å²) in [4.78, 5) is 34.2. The van der Waals surface area contributed by atoms with E-state index < -0.39 is 6.04 Å². The Labute approximate surface area is 179 Å². The van der Waals surface area contributed by atoms with Crippen molar-refractivity contribution >= 4 is 28.5 Å². The Morgan fingerprint density at radius 1 is 1.35 bits per heavy atom. The highest BCUT2D eigenvalue weighted by atomic mass is 16.5. The number of rotatable bonds is 6. The minimum Gasteiger partial charge on any atom is -0.382 e. The molecule has 1 saturated heterocycles. The molecule has 1 aromatic heterocycles. The molecule has 0 bridgehead atoms. The van der Waals surface area contributed by atoms with Crippen LogP contribution < -0.4 is 10.2 Å². The van der Waals surface area contributed by atoms with Crippen LogP contribution in [-0.4, -0.2) is 55.3 Å². The highest BCUT2D eigenvalue weighted by Crippen LogP contribution is 2.20. The van der Waals surface area contributed by atoms with Gasteiger partial charge in [0.25, 0.3) is 11.8 Å². The lowest BCUT2D eigenvalue weighted by Gasteiger charge is -2.26. The molecule has 0 aliphatic carbocycles. The summed E-state index contributed by atoms with van der Waals surface area (Å²) in [5, 5.41) is 2.95. The Morgan fingerprint density at radius 3 is 2.87 bits per heavy atom. The Morgan fingerprint density at radius 2 is 2.16 bits per heavy atom. The third-order valence-corrected chi connectivity index (χ3v) is 5.06. The van der Waals surface area contributed by atoms with Crippen molar-refractivity contribution in [2.75, 3.05) is 38.4 Å². The molecule has 8 heteroatoms. The van der Waals surface area contributed by atoms with E-state index in [1.807, 2.05) is 18.2 Å². The molecular weight excluding hydrogens is 396 g/mol. The van der Waals surface area contributed by atoms with Gasteiger partial charge in [0.1, 0.15) is 18.5 Å². The van der Waals surface area contributed by atoms with E-state index in [0.29, 0.717) is 24.5 Å². The molecule has 1 aliphatic rings. The number of nitrogens with zero attached hydrogens (tertiary/aromatic N) is 2. The van der Waals surface area contributed by atoms with Crippen molar-refractivity contribution in [3.8, 4) is 12.3 Å². The fourth-order valence-electron chi connectivity index (χ4n) is 3.47. The third kappa shape index (κ3) is 4.43. The van der Waals surface area contributed by atoms with Gasteiger partial charge in [-0.2, -0.15) is 0 Å². The second kappa shape index (κ2) is 9.00. The van der Waals surface area contributed by atoms with Gasteiger partial charge in [-0.05, 0) is 42.5 Å². The number of terminal acetylenes is 1. The molecular formula is C23H22N4O4. The van der Waals surface area contributed by atoms with Crippen molar-refractivity contribution in [1.29, 1.82) is 0 Å². The lowest BCUT2D eigenvalue weighted by molar-refractivity contribution is -0.125. The van der Waals surface area contributed by atoms with Crippen LogP contribution >= 0.6 is 0 Å². The number of amides is 2. The Balaban J connectivity index is 1.51. The van der Waals surface area contributed by atoms with Gasteiger partial charge in [0.2, 0.25) is 0 Å². The Hall–Kier alpha value is -3.67. The van der Waals surface area contributed by atoms with Crippen LogP contribution in [0, 0.1) is 12.3 Å². The molecule has 2 heterocycles. The number of aromatic nitrogens is 2. The minimum atomic E-state index is -0.473. The molecule has 1 aliphatic heterocycles. The standard InChI is InChI=1S/C23H22N4O4/c1-3-15-4-9-18-19(12-15)25-22(24-18)20(13-30-2)26-23(29)16-5-7-17(8-6-16)27-10-11-31-14-21(27)28/h1,4-9,12,20H,10-11,13-14H2,2H3,(H,24,25)(H,26,29). The number of fused-ring (bicyclic) bond motifs is 1. The van der Waals surface area contributed by atoms with E-state index in [1.165, 1.54) is 0 Å². The number of imidazole rings is 1. The summed E-state index contributed by atoms with van der Waals surface area (Å²) < 4.78 is 10.4. The zero-order chi connectivity index (χ0) is 21.8. The predicted molar refractivity (Wildman–Crippen MR) is 116 cm³/mol. The van der Waals surface area contributed by atoms with E-state index >= 15 is 0 Å². The summed E-state index contributed by atoms with van der Waals surface area (Å²) in [7, 11) is 1.56. The van der Waals surface area contributed by atoms with Crippen LogP contribution in [-0.2, 0) is 14.3 Å². The fraction of sp³-hybridized carbons (Fsp3) is 0.261. The summed E-state index contributed by atoms with van der Waals surface area (Å²) in [6, 6.07) is 11.9. The van der Waals surface area contributed by atoms with E-state index in [0.717, 1.165) is 22.3 Å². The summed E-state index contributed by atoms with van der Waals surface area (Å²) >= 11 is 0. The zero-order valence-electron chi connectivity index (χ0n) is 17.1. The largest absolute Gasteiger partial charge is 0.382 e. The number of hydrogen-bond donors (Lipinski definition) is 2. The zero-order valence-corrected chi connectivity index (χ0v) is 17.1. The van der Waals surface area contributed by atoms with Gasteiger partial charge in [-0.25, -0.2) is 4.98 Å². The van der Waals surface area contributed by atoms with Gasteiger partial charge in [-0.1, -0.05) is 5.92 Å². The van der Waals surface area contributed by atoms with Gasteiger partial charge in [-0.15, -0.1) is 6.42 Å². The lowest BCUT2D eigenvalue weighted by atomic mass is 10.1. The molecule has 31 heavy (non-hydrogen) atoms. The normalized spacial score (nSPS) is 15.0. The monoisotopic (exact) mass is 418 g/mol. The van der Waals surface area contributed by atoms with Crippen LogP contribution in [0.3, 0.4) is 0 Å². The number of methoxy groups -OCH3 is 1. The molecule has 2 aromatic carbocycles. The molecule has 1 unspecified atom stereocenters. The van der Waals surface area contributed by atoms with Crippen molar-refractivity contribution in [2.24, 2.45) is 0 Å². The van der Waals surface area contributed by atoms with Gasteiger partial charge >= 0.3 is 0 Å². The SMILES string of the molecule is C#Cc1ccc2nc(C(COC)NC(=O)c3ccc(N4CCOCC4=O)cc3)[nH]c2c1. The molecule has 2 N–H and O–H groups in total. The first kappa shape index (κ1) is 20.6. The predicted octanol–water partition coefficient (Wildman–Crippen LogP) is 2.02.